The summed E-state index contributed by atoms with van der Waals surface area (Å²) in [6.07, 6.45) is -4.49. The van der Waals surface area contributed by atoms with E-state index in [-0.39, 0.29) is 22.6 Å². The Kier molecular flexibility index (Phi) is 4.96. The number of carboxylic acid groups (broad SMARTS) is 1. The number of halogens is 3. The highest BCUT2D eigenvalue weighted by Crippen LogP contribution is 2.32. The summed E-state index contributed by atoms with van der Waals surface area (Å²) < 4.78 is 43.9. The first-order valence-electron chi connectivity index (χ1n) is 8.08. The maximum atomic E-state index is 12.9. The van der Waals surface area contributed by atoms with Gasteiger partial charge in [0.05, 0.1) is 11.1 Å². The molecule has 0 atom stereocenters. The third-order valence-corrected chi connectivity index (χ3v) is 4.04. The van der Waals surface area contributed by atoms with Crippen LogP contribution in [-0.4, -0.2) is 17.0 Å². The largest absolute Gasteiger partial charge is 0.478 e. The van der Waals surface area contributed by atoms with Gasteiger partial charge in [0.15, 0.2) is 5.76 Å². The van der Waals surface area contributed by atoms with Crippen molar-refractivity contribution in [3.8, 4) is 11.3 Å². The zero-order valence-corrected chi connectivity index (χ0v) is 14.5. The van der Waals surface area contributed by atoms with Crippen LogP contribution in [0.5, 0.6) is 0 Å². The first-order valence-corrected chi connectivity index (χ1v) is 8.08. The van der Waals surface area contributed by atoms with Gasteiger partial charge in [0.25, 0.3) is 5.91 Å². The van der Waals surface area contributed by atoms with Crippen molar-refractivity contribution in [1.29, 1.82) is 0 Å². The zero-order valence-electron chi connectivity index (χ0n) is 14.5. The summed E-state index contributed by atoms with van der Waals surface area (Å²) in [7, 11) is 0. The first-order chi connectivity index (χ1) is 13.1. The number of carboxylic acids is 1. The number of anilines is 1. The van der Waals surface area contributed by atoms with Crippen LogP contribution in [0.15, 0.2) is 59.0 Å². The van der Waals surface area contributed by atoms with E-state index in [0.717, 1.165) is 12.1 Å². The minimum absolute atomic E-state index is 0.00463. The van der Waals surface area contributed by atoms with Crippen molar-refractivity contribution in [2.75, 3.05) is 5.32 Å². The van der Waals surface area contributed by atoms with Crippen molar-refractivity contribution >= 4 is 17.6 Å². The fourth-order valence-corrected chi connectivity index (χ4v) is 2.54. The fourth-order valence-electron chi connectivity index (χ4n) is 2.54. The highest BCUT2D eigenvalue weighted by Gasteiger charge is 2.30. The molecule has 0 spiro atoms. The molecule has 0 fully saturated rings. The molecule has 0 saturated carbocycles. The van der Waals surface area contributed by atoms with E-state index in [2.05, 4.69) is 5.32 Å². The number of hydrogen-bond acceptors (Lipinski definition) is 3. The summed E-state index contributed by atoms with van der Waals surface area (Å²) in [6.45, 7) is 1.69. The van der Waals surface area contributed by atoms with Crippen LogP contribution in [0, 0.1) is 6.92 Å². The molecule has 3 rings (SSSR count). The molecule has 0 aliphatic rings. The molecule has 144 valence electrons. The van der Waals surface area contributed by atoms with Crippen LogP contribution in [0.1, 0.15) is 32.0 Å². The fraction of sp³-hybridized carbons (Fsp3) is 0.100. The maximum Gasteiger partial charge on any atom is 0.416 e. The molecule has 1 heterocycles. The predicted octanol–water partition coefficient (Wildman–Crippen LogP) is 5.22. The van der Waals surface area contributed by atoms with E-state index >= 15 is 0 Å². The van der Waals surface area contributed by atoms with Gasteiger partial charge in [0.2, 0.25) is 0 Å². The molecule has 5 nitrogen and oxygen atoms in total. The lowest BCUT2D eigenvalue weighted by Crippen LogP contribution is -2.12. The van der Waals surface area contributed by atoms with E-state index in [0.29, 0.717) is 11.3 Å². The van der Waals surface area contributed by atoms with E-state index < -0.39 is 23.6 Å². The van der Waals surface area contributed by atoms with Crippen molar-refractivity contribution in [3.05, 3.63) is 77.0 Å². The lowest BCUT2D eigenvalue weighted by atomic mass is 10.1. The Labute approximate surface area is 157 Å². The molecule has 0 aliphatic heterocycles. The smallest absolute Gasteiger partial charge is 0.416 e. The average molecular weight is 389 g/mol. The molecule has 1 aromatic heterocycles. The van der Waals surface area contributed by atoms with Gasteiger partial charge in [0, 0.05) is 11.3 Å². The highest BCUT2D eigenvalue weighted by atomic mass is 19.4. The zero-order chi connectivity index (χ0) is 20.5. The predicted molar refractivity (Wildman–Crippen MR) is 95.2 cm³/mol. The number of aromatic carboxylic acids is 1. The van der Waals surface area contributed by atoms with Gasteiger partial charge in [-0.05, 0) is 48.9 Å². The Morgan fingerprint density at radius 2 is 1.79 bits per heavy atom. The summed E-state index contributed by atoms with van der Waals surface area (Å²) in [5.41, 5.74) is 0.293. The summed E-state index contributed by atoms with van der Waals surface area (Å²) in [6, 6.07) is 11.6. The molecule has 28 heavy (non-hydrogen) atoms. The van der Waals surface area contributed by atoms with Gasteiger partial charge < -0.3 is 14.8 Å². The second kappa shape index (κ2) is 7.22. The van der Waals surface area contributed by atoms with E-state index in [1.54, 1.807) is 13.0 Å². The SMILES string of the molecule is Cc1ccc(C(=O)O)cc1NC(=O)c1ccc(-c2cccc(C(F)(F)F)c2)o1. The van der Waals surface area contributed by atoms with E-state index in [1.165, 1.54) is 36.4 Å². The van der Waals surface area contributed by atoms with Crippen LogP contribution < -0.4 is 5.32 Å². The first kappa shape index (κ1) is 19.2. The normalized spacial score (nSPS) is 11.3. The number of carbonyl (C=O) groups excluding carboxylic acids is 1. The number of benzene rings is 2. The minimum Gasteiger partial charge on any atom is -0.478 e. The molecule has 3 aromatic rings. The molecule has 1 amide bonds. The van der Waals surface area contributed by atoms with Gasteiger partial charge in [-0.25, -0.2) is 4.79 Å². The van der Waals surface area contributed by atoms with Crippen molar-refractivity contribution in [2.24, 2.45) is 0 Å². The number of furan rings is 1. The number of rotatable bonds is 4. The van der Waals surface area contributed by atoms with E-state index in [9.17, 15) is 22.8 Å². The Balaban J connectivity index is 1.84. The summed E-state index contributed by atoms with van der Waals surface area (Å²) in [4.78, 5) is 23.5. The van der Waals surface area contributed by atoms with Gasteiger partial charge in [-0.2, -0.15) is 13.2 Å². The molecule has 0 bridgehead atoms. The number of aryl methyl sites for hydroxylation is 1. The minimum atomic E-state index is -4.49. The number of alkyl halides is 3. The van der Waals surface area contributed by atoms with Crippen molar-refractivity contribution in [2.45, 2.75) is 13.1 Å². The molecule has 0 aliphatic carbocycles. The van der Waals surface area contributed by atoms with Crippen molar-refractivity contribution in [3.63, 3.8) is 0 Å². The standard InChI is InChI=1S/C20H14F3NO4/c1-11-5-6-13(19(26)27)10-15(11)24-18(25)17-8-7-16(28-17)12-3-2-4-14(9-12)20(21,22)23/h2-10H,1H3,(H,24,25)(H,26,27). The topological polar surface area (TPSA) is 79.5 Å². The number of amides is 1. The Hall–Kier alpha value is -3.55. The molecule has 8 heteroatoms. The van der Waals surface area contributed by atoms with Crippen molar-refractivity contribution < 1.29 is 32.3 Å². The van der Waals surface area contributed by atoms with Gasteiger partial charge in [-0.3, -0.25) is 4.79 Å². The number of carbonyl (C=O) groups is 2. The summed E-state index contributed by atoms with van der Waals surface area (Å²) >= 11 is 0. The van der Waals surface area contributed by atoms with Gasteiger partial charge in [-0.15, -0.1) is 0 Å². The molecule has 0 unspecified atom stereocenters. The van der Waals surface area contributed by atoms with Gasteiger partial charge >= 0.3 is 12.1 Å². The van der Waals surface area contributed by atoms with Crippen LogP contribution in [0.4, 0.5) is 18.9 Å². The van der Waals surface area contributed by atoms with Crippen LogP contribution in [0.25, 0.3) is 11.3 Å². The number of nitrogens with one attached hydrogen (secondary N) is 1. The lowest BCUT2D eigenvalue weighted by molar-refractivity contribution is -0.137. The van der Waals surface area contributed by atoms with E-state index in [4.69, 9.17) is 9.52 Å². The third kappa shape index (κ3) is 4.06. The molecular weight excluding hydrogens is 375 g/mol. The Bertz CT molecular complexity index is 1050. The Morgan fingerprint density at radius 1 is 1.04 bits per heavy atom. The van der Waals surface area contributed by atoms with Crippen LogP contribution >= 0.6 is 0 Å². The molecule has 0 saturated heterocycles. The highest BCUT2D eigenvalue weighted by molar-refractivity contribution is 6.03. The third-order valence-electron chi connectivity index (χ3n) is 4.04. The summed E-state index contributed by atoms with van der Waals surface area (Å²) in [5.74, 6) is -1.80. The molecule has 2 N–H and O–H groups in total. The van der Waals surface area contributed by atoms with Gasteiger partial charge in [-0.1, -0.05) is 18.2 Å². The van der Waals surface area contributed by atoms with Crippen LogP contribution in [0.2, 0.25) is 0 Å². The monoisotopic (exact) mass is 389 g/mol. The summed E-state index contributed by atoms with van der Waals surface area (Å²) in [5, 5.41) is 11.6. The number of hydrogen-bond donors (Lipinski definition) is 2. The van der Waals surface area contributed by atoms with Crippen LogP contribution in [-0.2, 0) is 6.18 Å². The lowest BCUT2D eigenvalue weighted by Gasteiger charge is -2.08. The second-order valence-electron chi connectivity index (χ2n) is 6.03. The van der Waals surface area contributed by atoms with Crippen LogP contribution in [0.3, 0.4) is 0 Å². The Morgan fingerprint density at radius 3 is 2.46 bits per heavy atom. The molecule has 0 radical (unpaired) electrons. The molecular formula is C20H14F3NO4. The molecule has 2 aromatic carbocycles. The van der Waals surface area contributed by atoms with E-state index in [1.807, 2.05) is 0 Å². The second-order valence-corrected chi connectivity index (χ2v) is 6.03. The van der Waals surface area contributed by atoms with Gasteiger partial charge in [0.1, 0.15) is 5.76 Å². The maximum absolute atomic E-state index is 12.9. The van der Waals surface area contributed by atoms with Crippen molar-refractivity contribution in [1.82, 2.24) is 0 Å². The quantitative estimate of drug-likeness (QED) is 0.641. The average Bonchev–Trinajstić information content (AvgIpc) is 3.13.